The van der Waals surface area contributed by atoms with Crippen molar-refractivity contribution < 1.29 is 0 Å². The summed E-state index contributed by atoms with van der Waals surface area (Å²) in [6.45, 7) is 2.35. The first-order chi connectivity index (χ1) is 9.69. The van der Waals surface area contributed by atoms with Gasteiger partial charge in [0.15, 0.2) is 0 Å². The van der Waals surface area contributed by atoms with E-state index in [4.69, 9.17) is 28.2 Å². The van der Waals surface area contributed by atoms with Crippen LogP contribution in [-0.2, 0) is 6.42 Å². The molecule has 1 aliphatic rings. The Morgan fingerprint density at radius 1 is 1.25 bits per heavy atom. The van der Waals surface area contributed by atoms with Gasteiger partial charge in [0.05, 0.1) is 11.0 Å². The smallest absolute Gasteiger partial charge is 0.111 e. The third kappa shape index (κ3) is 2.68. The minimum atomic E-state index is 0.549. The fourth-order valence-corrected chi connectivity index (χ4v) is 3.62. The number of alkyl halides is 1. The van der Waals surface area contributed by atoms with E-state index >= 15 is 0 Å². The quantitative estimate of drug-likeness (QED) is 0.710. The molecule has 0 atom stereocenters. The second kappa shape index (κ2) is 5.95. The molecule has 20 heavy (non-hydrogen) atoms. The summed E-state index contributed by atoms with van der Waals surface area (Å²) in [7, 11) is 0. The van der Waals surface area contributed by atoms with E-state index in [1.165, 1.54) is 25.7 Å². The first-order valence-corrected chi connectivity index (χ1v) is 8.32. The van der Waals surface area contributed by atoms with Gasteiger partial charge in [-0.25, -0.2) is 4.98 Å². The lowest BCUT2D eigenvalue weighted by atomic mass is 9.87. The molecule has 0 saturated heterocycles. The van der Waals surface area contributed by atoms with Crippen LogP contribution in [0.4, 0.5) is 0 Å². The molecule has 4 heteroatoms. The molecule has 1 heterocycles. The Morgan fingerprint density at radius 2 is 2.00 bits per heavy atom. The van der Waals surface area contributed by atoms with E-state index in [-0.39, 0.29) is 0 Å². The van der Waals surface area contributed by atoms with Gasteiger partial charge in [-0.15, -0.1) is 11.6 Å². The van der Waals surface area contributed by atoms with Crippen LogP contribution in [0.1, 0.15) is 44.5 Å². The predicted molar refractivity (Wildman–Crippen MR) is 85.8 cm³/mol. The zero-order chi connectivity index (χ0) is 14.1. The number of hydrogen-bond acceptors (Lipinski definition) is 1. The van der Waals surface area contributed by atoms with Crippen LogP contribution < -0.4 is 0 Å². The van der Waals surface area contributed by atoms with Crippen LogP contribution in [0.3, 0.4) is 0 Å². The van der Waals surface area contributed by atoms with Crippen LogP contribution in [0, 0.1) is 5.92 Å². The summed E-state index contributed by atoms with van der Waals surface area (Å²) in [5.74, 6) is 2.57. The first-order valence-electron chi connectivity index (χ1n) is 7.41. The van der Waals surface area contributed by atoms with Crippen molar-refractivity contribution in [1.82, 2.24) is 9.55 Å². The minimum Gasteiger partial charge on any atom is -0.325 e. The molecule has 0 spiro atoms. The summed E-state index contributed by atoms with van der Waals surface area (Å²) < 4.78 is 2.40. The number of halogens is 2. The van der Waals surface area contributed by atoms with Gasteiger partial charge in [-0.05, 0) is 49.8 Å². The molecule has 1 aromatic heterocycles. The van der Waals surface area contributed by atoms with E-state index < -0.39 is 0 Å². The summed E-state index contributed by atoms with van der Waals surface area (Å²) in [5.41, 5.74) is 2.20. The van der Waals surface area contributed by atoms with Crippen molar-refractivity contribution in [3.63, 3.8) is 0 Å². The SMILES string of the molecule is CC1CCC(n2c(CCCl)nc3ccc(Cl)cc32)CC1. The van der Waals surface area contributed by atoms with Gasteiger partial charge in [0.2, 0.25) is 0 Å². The van der Waals surface area contributed by atoms with Crippen molar-refractivity contribution in [3.05, 3.63) is 29.0 Å². The molecule has 1 aromatic carbocycles. The number of rotatable bonds is 3. The highest BCUT2D eigenvalue weighted by Crippen LogP contribution is 2.35. The van der Waals surface area contributed by atoms with Gasteiger partial charge < -0.3 is 4.57 Å². The number of hydrogen-bond donors (Lipinski definition) is 0. The zero-order valence-electron chi connectivity index (χ0n) is 11.8. The molecular weight excluding hydrogens is 291 g/mol. The normalized spacial score (nSPS) is 23.4. The van der Waals surface area contributed by atoms with E-state index in [2.05, 4.69) is 11.5 Å². The average Bonchev–Trinajstić information content (AvgIpc) is 2.78. The van der Waals surface area contributed by atoms with Gasteiger partial charge in [0.1, 0.15) is 5.82 Å². The third-order valence-electron chi connectivity index (χ3n) is 4.39. The molecule has 0 N–H and O–H groups in total. The van der Waals surface area contributed by atoms with E-state index in [1.54, 1.807) is 0 Å². The Morgan fingerprint density at radius 3 is 2.70 bits per heavy atom. The molecule has 1 saturated carbocycles. The van der Waals surface area contributed by atoms with Gasteiger partial charge in [-0.3, -0.25) is 0 Å². The Balaban J connectivity index is 2.05. The molecule has 1 aliphatic carbocycles. The van der Waals surface area contributed by atoms with Gasteiger partial charge in [0.25, 0.3) is 0 Å². The summed E-state index contributed by atoms with van der Waals surface area (Å²) in [6.07, 6.45) is 5.87. The fraction of sp³-hybridized carbons (Fsp3) is 0.562. The summed E-state index contributed by atoms with van der Waals surface area (Å²) >= 11 is 12.1. The maximum Gasteiger partial charge on any atom is 0.111 e. The molecule has 1 fully saturated rings. The number of aryl methyl sites for hydroxylation is 1. The fourth-order valence-electron chi connectivity index (χ4n) is 3.29. The molecule has 0 unspecified atom stereocenters. The van der Waals surface area contributed by atoms with Crippen molar-refractivity contribution in [1.29, 1.82) is 0 Å². The Labute approximate surface area is 130 Å². The van der Waals surface area contributed by atoms with E-state index in [0.29, 0.717) is 11.9 Å². The van der Waals surface area contributed by atoms with Crippen molar-refractivity contribution in [2.24, 2.45) is 5.92 Å². The van der Waals surface area contributed by atoms with E-state index in [0.717, 1.165) is 34.2 Å². The Kier molecular flexibility index (Phi) is 4.23. The standard InChI is InChI=1S/C16H20Cl2N2/c1-11-2-5-13(6-3-11)20-15-10-12(18)4-7-14(15)19-16(20)8-9-17/h4,7,10-11,13H,2-3,5-6,8-9H2,1H3. The maximum atomic E-state index is 6.17. The maximum absolute atomic E-state index is 6.17. The number of benzene rings is 1. The zero-order valence-corrected chi connectivity index (χ0v) is 13.3. The molecule has 0 bridgehead atoms. The van der Waals surface area contributed by atoms with E-state index in [9.17, 15) is 0 Å². The van der Waals surface area contributed by atoms with E-state index in [1.807, 2.05) is 18.2 Å². The topological polar surface area (TPSA) is 17.8 Å². The van der Waals surface area contributed by atoms with Crippen molar-refractivity contribution >= 4 is 34.2 Å². The molecule has 0 radical (unpaired) electrons. The second-order valence-corrected chi connectivity index (χ2v) is 6.70. The average molecular weight is 311 g/mol. The van der Waals surface area contributed by atoms with Crippen molar-refractivity contribution in [2.75, 3.05) is 5.88 Å². The molecule has 3 rings (SSSR count). The largest absolute Gasteiger partial charge is 0.325 e. The van der Waals surface area contributed by atoms with Crippen LogP contribution in [0.25, 0.3) is 11.0 Å². The van der Waals surface area contributed by atoms with Crippen LogP contribution in [0.2, 0.25) is 5.02 Å². The highest BCUT2D eigenvalue weighted by Gasteiger charge is 2.23. The summed E-state index contributed by atoms with van der Waals surface area (Å²) in [4.78, 5) is 4.76. The molecule has 0 amide bonds. The minimum absolute atomic E-state index is 0.549. The number of aromatic nitrogens is 2. The molecule has 0 aliphatic heterocycles. The van der Waals surface area contributed by atoms with Crippen LogP contribution in [0.15, 0.2) is 18.2 Å². The van der Waals surface area contributed by atoms with Crippen LogP contribution >= 0.6 is 23.2 Å². The Bertz CT molecular complexity index is 598. The first kappa shape index (κ1) is 14.2. The van der Waals surface area contributed by atoms with Crippen LogP contribution in [-0.4, -0.2) is 15.4 Å². The summed E-state index contributed by atoms with van der Waals surface area (Å²) in [5, 5.41) is 0.778. The van der Waals surface area contributed by atoms with Gasteiger partial charge in [-0.1, -0.05) is 18.5 Å². The molecular formula is C16H20Cl2N2. The predicted octanol–water partition coefficient (Wildman–Crippen LogP) is 5.22. The van der Waals surface area contributed by atoms with Gasteiger partial charge in [-0.2, -0.15) is 0 Å². The van der Waals surface area contributed by atoms with Gasteiger partial charge >= 0.3 is 0 Å². The number of fused-ring (bicyclic) bond motifs is 1. The number of imidazole rings is 1. The van der Waals surface area contributed by atoms with Gasteiger partial charge in [0, 0.05) is 23.4 Å². The summed E-state index contributed by atoms with van der Waals surface area (Å²) in [6, 6.07) is 6.51. The lowest BCUT2D eigenvalue weighted by Crippen LogP contribution is -2.19. The van der Waals surface area contributed by atoms with Crippen molar-refractivity contribution in [2.45, 2.75) is 45.1 Å². The monoisotopic (exact) mass is 310 g/mol. The van der Waals surface area contributed by atoms with Crippen molar-refractivity contribution in [3.8, 4) is 0 Å². The molecule has 2 nitrogen and oxygen atoms in total. The third-order valence-corrected chi connectivity index (χ3v) is 4.82. The lowest BCUT2D eigenvalue weighted by Gasteiger charge is -2.29. The van der Waals surface area contributed by atoms with Crippen LogP contribution in [0.5, 0.6) is 0 Å². The molecule has 2 aromatic rings. The lowest BCUT2D eigenvalue weighted by molar-refractivity contribution is 0.290. The Hall–Kier alpha value is -0.730. The highest BCUT2D eigenvalue weighted by molar-refractivity contribution is 6.31. The highest BCUT2D eigenvalue weighted by atomic mass is 35.5. The number of nitrogens with zero attached hydrogens (tertiary/aromatic N) is 2. The molecule has 108 valence electrons. The second-order valence-electron chi connectivity index (χ2n) is 5.88.